The van der Waals surface area contributed by atoms with Gasteiger partial charge in [-0.05, 0) is 6.42 Å². The Kier molecular flexibility index (Phi) is 7.56. The largest absolute Gasteiger partial charge is 0.342 e. The average Bonchev–Trinajstić information content (AvgIpc) is 2.11. The lowest BCUT2D eigenvalue weighted by atomic mass is 10.3. The van der Waals surface area contributed by atoms with Crippen molar-refractivity contribution in [2.45, 2.75) is 33.1 Å². The van der Waals surface area contributed by atoms with Crippen LogP contribution in [-0.4, -0.2) is 29.2 Å². The summed E-state index contributed by atoms with van der Waals surface area (Å²) in [6.07, 6.45) is 2.88. The Bertz CT molecular complexity index is 128. The summed E-state index contributed by atoms with van der Waals surface area (Å²) in [6.45, 7) is 5.81. The summed E-state index contributed by atoms with van der Waals surface area (Å²) in [4.78, 5) is 13.2. The Balaban J connectivity index is 3.76. The Labute approximate surface area is 83.4 Å². The zero-order chi connectivity index (χ0) is 9.40. The van der Waals surface area contributed by atoms with Crippen LogP contribution in [0.2, 0.25) is 0 Å². The van der Waals surface area contributed by atoms with Crippen molar-refractivity contribution in [3.05, 3.63) is 0 Å². The molecule has 0 saturated carbocycles. The second-order valence-corrected chi connectivity index (χ2v) is 3.57. The van der Waals surface area contributed by atoms with Gasteiger partial charge in [-0.25, -0.2) is 0 Å². The van der Waals surface area contributed by atoms with Gasteiger partial charge in [0.15, 0.2) is 0 Å². The predicted octanol–water partition coefficient (Wildman–Crippen LogP) is 2.42. The molecule has 0 rings (SSSR count). The van der Waals surface area contributed by atoms with Gasteiger partial charge in [-0.2, -0.15) is 0 Å². The van der Waals surface area contributed by atoms with Gasteiger partial charge in [0.1, 0.15) is 0 Å². The molecular formula is C9H18BrNO. The molecule has 12 heavy (non-hydrogen) atoms. The molecule has 0 heterocycles. The van der Waals surface area contributed by atoms with Crippen LogP contribution in [0.25, 0.3) is 0 Å². The molecule has 0 aliphatic heterocycles. The number of amides is 1. The molecule has 0 saturated heterocycles. The molecule has 0 spiro atoms. The average molecular weight is 236 g/mol. The zero-order valence-corrected chi connectivity index (χ0v) is 9.56. The molecule has 0 atom stereocenters. The van der Waals surface area contributed by atoms with Crippen molar-refractivity contribution in [1.29, 1.82) is 0 Å². The van der Waals surface area contributed by atoms with Gasteiger partial charge in [0.2, 0.25) is 5.91 Å². The Morgan fingerprint density at radius 3 is 2.42 bits per heavy atom. The van der Waals surface area contributed by atoms with Gasteiger partial charge in [-0.1, -0.05) is 36.2 Å². The van der Waals surface area contributed by atoms with Crippen LogP contribution in [0.5, 0.6) is 0 Å². The van der Waals surface area contributed by atoms with Gasteiger partial charge in [0.05, 0.1) is 0 Å². The third-order valence-corrected chi connectivity index (χ3v) is 2.15. The van der Waals surface area contributed by atoms with Crippen molar-refractivity contribution >= 4 is 21.8 Å². The van der Waals surface area contributed by atoms with E-state index >= 15 is 0 Å². The van der Waals surface area contributed by atoms with E-state index in [1.165, 1.54) is 0 Å². The van der Waals surface area contributed by atoms with Gasteiger partial charge in [0.25, 0.3) is 0 Å². The molecule has 0 bridgehead atoms. The first-order valence-corrected chi connectivity index (χ1v) is 5.72. The number of hydrogen-bond donors (Lipinski definition) is 0. The molecule has 0 aromatic carbocycles. The zero-order valence-electron chi connectivity index (χ0n) is 7.98. The van der Waals surface area contributed by atoms with Crippen molar-refractivity contribution in [2.75, 3.05) is 18.4 Å². The maximum atomic E-state index is 11.3. The number of halogens is 1. The maximum Gasteiger partial charge on any atom is 0.222 e. The van der Waals surface area contributed by atoms with E-state index in [2.05, 4.69) is 22.9 Å². The van der Waals surface area contributed by atoms with E-state index in [0.29, 0.717) is 6.42 Å². The quantitative estimate of drug-likeness (QED) is 0.648. The number of nitrogens with zero attached hydrogens (tertiary/aromatic N) is 1. The third kappa shape index (κ3) is 4.75. The highest BCUT2D eigenvalue weighted by Gasteiger charge is 2.08. The second kappa shape index (κ2) is 7.59. The van der Waals surface area contributed by atoms with Crippen LogP contribution in [0.4, 0.5) is 0 Å². The van der Waals surface area contributed by atoms with E-state index in [1.807, 2.05) is 11.8 Å². The van der Waals surface area contributed by atoms with E-state index in [4.69, 9.17) is 0 Å². The summed E-state index contributed by atoms with van der Waals surface area (Å²) in [5.74, 6) is 0.267. The Hall–Kier alpha value is -0.0500. The molecule has 2 nitrogen and oxygen atoms in total. The van der Waals surface area contributed by atoms with Gasteiger partial charge in [-0.3, -0.25) is 4.79 Å². The van der Waals surface area contributed by atoms with E-state index in [0.717, 1.165) is 31.3 Å². The summed E-state index contributed by atoms with van der Waals surface area (Å²) >= 11 is 3.35. The minimum absolute atomic E-state index is 0.267. The summed E-state index contributed by atoms with van der Waals surface area (Å²) < 4.78 is 0. The molecule has 0 aliphatic carbocycles. The Morgan fingerprint density at radius 1 is 1.33 bits per heavy atom. The van der Waals surface area contributed by atoms with E-state index < -0.39 is 0 Å². The van der Waals surface area contributed by atoms with Crippen LogP contribution in [0, 0.1) is 0 Å². The molecule has 0 radical (unpaired) electrons. The number of hydrogen-bond acceptors (Lipinski definition) is 1. The van der Waals surface area contributed by atoms with Gasteiger partial charge in [0, 0.05) is 24.8 Å². The lowest BCUT2D eigenvalue weighted by molar-refractivity contribution is -0.130. The van der Waals surface area contributed by atoms with Crippen LogP contribution in [0.3, 0.4) is 0 Å². The molecule has 0 unspecified atom stereocenters. The molecular weight excluding hydrogens is 218 g/mol. The first kappa shape index (κ1) is 11.9. The SMILES string of the molecule is CCCCN(CCBr)C(=O)CC. The van der Waals surface area contributed by atoms with Crippen molar-refractivity contribution in [3.63, 3.8) is 0 Å². The minimum Gasteiger partial charge on any atom is -0.342 e. The summed E-state index contributed by atoms with van der Waals surface area (Å²) in [5, 5.41) is 0.877. The van der Waals surface area contributed by atoms with Crippen LogP contribution in [0.15, 0.2) is 0 Å². The van der Waals surface area contributed by atoms with Crippen molar-refractivity contribution < 1.29 is 4.79 Å². The molecule has 3 heteroatoms. The molecule has 1 amide bonds. The smallest absolute Gasteiger partial charge is 0.222 e. The monoisotopic (exact) mass is 235 g/mol. The lowest BCUT2D eigenvalue weighted by Crippen LogP contribution is -2.32. The van der Waals surface area contributed by atoms with Crippen LogP contribution in [-0.2, 0) is 4.79 Å². The number of unbranched alkanes of at least 4 members (excludes halogenated alkanes) is 1. The first-order chi connectivity index (χ1) is 5.76. The predicted molar refractivity (Wildman–Crippen MR) is 55.6 cm³/mol. The number of alkyl halides is 1. The molecule has 72 valence electrons. The van der Waals surface area contributed by atoms with Crippen LogP contribution < -0.4 is 0 Å². The van der Waals surface area contributed by atoms with Crippen molar-refractivity contribution in [3.8, 4) is 0 Å². The third-order valence-electron chi connectivity index (χ3n) is 1.79. The van der Waals surface area contributed by atoms with Gasteiger partial charge < -0.3 is 4.90 Å². The standard InChI is InChI=1S/C9H18BrNO/c1-3-5-7-11(8-6-10)9(12)4-2/h3-8H2,1-2H3. The summed E-state index contributed by atoms with van der Waals surface area (Å²) in [6, 6.07) is 0. The fourth-order valence-electron chi connectivity index (χ4n) is 1.04. The van der Waals surface area contributed by atoms with Crippen molar-refractivity contribution in [1.82, 2.24) is 4.90 Å². The summed E-state index contributed by atoms with van der Waals surface area (Å²) in [7, 11) is 0. The molecule has 0 fully saturated rings. The van der Waals surface area contributed by atoms with Gasteiger partial charge in [-0.15, -0.1) is 0 Å². The topological polar surface area (TPSA) is 20.3 Å². The minimum atomic E-state index is 0.267. The molecule has 0 aromatic rings. The maximum absolute atomic E-state index is 11.3. The molecule has 0 aromatic heterocycles. The van der Waals surface area contributed by atoms with Gasteiger partial charge >= 0.3 is 0 Å². The van der Waals surface area contributed by atoms with E-state index in [9.17, 15) is 4.79 Å². The normalized spacial score (nSPS) is 9.92. The lowest BCUT2D eigenvalue weighted by Gasteiger charge is -2.20. The summed E-state index contributed by atoms with van der Waals surface area (Å²) in [5.41, 5.74) is 0. The first-order valence-electron chi connectivity index (χ1n) is 4.60. The van der Waals surface area contributed by atoms with Crippen LogP contribution >= 0.6 is 15.9 Å². The van der Waals surface area contributed by atoms with E-state index in [-0.39, 0.29) is 5.91 Å². The van der Waals surface area contributed by atoms with E-state index in [1.54, 1.807) is 0 Å². The molecule has 0 N–H and O–H groups in total. The van der Waals surface area contributed by atoms with Crippen molar-refractivity contribution in [2.24, 2.45) is 0 Å². The molecule has 0 aliphatic rings. The van der Waals surface area contributed by atoms with Crippen LogP contribution in [0.1, 0.15) is 33.1 Å². The highest BCUT2D eigenvalue weighted by Crippen LogP contribution is 1.99. The highest BCUT2D eigenvalue weighted by molar-refractivity contribution is 9.09. The number of rotatable bonds is 6. The number of carbonyl (C=O) groups excluding carboxylic acids is 1. The Morgan fingerprint density at radius 2 is 2.00 bits per heavy atom. The second-order valence-electron chi connectivity index (χ2n) is 2.78. The fourth-order valence-corrected chi connectivity index (χ4v) is 1.46. The highest BCUT2D eigenvalue weighted by atomic mass is 79.9. The fraction of sp³-hybridized carbons (Fsp3) is 0.889. The number of carbonyl (C=O) groups is 1.